The molecule has 1 aliphatic carbocycles. The summed E-state index contributed by atoms with van der Waals surface area (Å²) in [5, 5.41) is 6.31. The van der Waals surface area contributed by atoms with Gasteiger partial charge in [0.15, 0.2) is 11.5 Å². The normalized spacial score (nSPS) is 15.7. The Morgan fingerprint density at radius 3 is 2.59 bits per heavy atom. The molecule has 2 heterocycles. The third-order valence-corrected chi connectivity index (χ3v) is 7.07. The first-order valence-corrected chi connectivity index (χ1v) is 12.6. The van der Waals surface area contributed by atoms with Crippen molar-refractivity contribution in [2.24, 2.45) is 0 Å². The van der Waals surface area contributed by atoms with E-state index in [4.69, 9.17) is 14.5 Å². The van der Waals surface area contributed by atoms with Crippen molar-refractivity contribution in [2.45, 2.75) is 37.6 Å². The number of benzene rings is 2. The van der Waals surface area contributed by atoms with Crippen LogP contribution >= 0.6 is 0 Å². The number of halogens is 1. The second kappa shape index (κ2) is 10.7. The number of nitrogens with one attached hydrogen (secondary N) is 2. The summed E-state index contributed by atoms with van der Waals surface area (Å²) >= 11 is 0. The van der Waals surface area contributed by atoms with Crippen LogP contribution < -0.4 is 20.1 Å². The Bertz CT molecular complexity index is 1260. The number of carbonyl (C=O) groups is 1. The molecule has 37 heavy (non-hydrogen) atoms. The van der Waals surface area contributed by atoms with Gasteiger partial charge < -0.3 is 25.0 Å². The van der Waals surface area contributed by atoms with Gasteiger partial charge in [-0.05, 0) is 62.3 Å². The first-order valence-electron chi connectivity index (χ1n) is 12.6. The Kier molecular flexibility index (Phi) is 7.23. The number of carbonyl (C=O) groups excluding carboxylic acids is 1. The lowest BCUT2D eigenvalue weighted by atomic mass is 9.74. The maximum atomic E-state index is 13.8. The van der Waals surface area contributed by atoms with Crippen LogP contribution in [0.25, 0.3) is 0 Å². The van der Waals surface area contributed by atoms with Gasteiger partial charge >= 0.3 is 0 Å². The van der Waals surface area contributed by atoms with Gasteiger partial charge in [-0.1, -0.05) is 31.0 Å². The van der Waals surface area contributed by atoms with Crippen molar-refractivity contribution in [3.05, 3.63) is 76.9 Å². The van der Waals surface area contributed by atoms with E-state index in [2.05, 4.69) is 20.5 Å². The molecule has 2 aromatic carbocycles. The molecule has 8 nitrogen and oxygen atoms in total. The number of rotatable bonds is 9. The maximum Gasteiger partial charge on any atom is 0.255 e. The van der Waals surface area contributed by atoms with Crippen LogP contribution in [-0.4, -0.2) is 54.8 Å². The second-order valence-electron chi connectivity index (χ2n) is 9.85. The van der Waals surface area contributed by atoms with Crippen molar-refractivity contribution < 1.29 is 18.7 Å². The highest BCUT2D eigenvalue weighted by Gasteiger charge is 2.42. The summed E-state index contributed by atoms with van der Waals surface area (Å²) in [7, 11) is 4.01. The number of hydrogen-bond donors (Lipinski definition) is 2. The van der Waals surface area contributed by atoms with Gasteiger partial charge in [0.05, 0.1) is 11.3 Å². The third-order valence-electron chi connectivity index (χ3n) is 7.07. The number of hydrogen-bond acceptors (Lipinski definition) is 7. The molecule has 3 aromatic rings. The summed E-state index contributed by atoms with van der Waals surface area (Å²) in [6, 6.07) is 12.2. The van der Waals surface area contributed by atoms with Crippen molar-refractivity contribution in [2.75, 3.05) is 39.3 Å². The molecule has 0 radical (unpaired) electrons. The zero-order valence-electron chi connectivity index (χ0n) is 21.2. The van der Waals surface area contributed by atoms with Crippen molar-refractivity contribution in [3.63, 3.8) is 0 Å². The Morgan fingerprint density at radius 2 is 1.84 bits per heavy atom. The van der Waals surface area contributed by atoms with Gasteiger partial charge in [-0.2, -0.15) is 0 Å². The topological polar surface area (TPSA) is 88.6 Å². The highest BCUT2D eigenvalue weighted by Crippen LogP contribution is 2.47. The number of fused-ring (bicyclic) bond motifs is 1. The minimum atomic E-state index is -0.486. The molecule has 2 N–H and O–H groups in total. The fourth-order valence-corrected chi connectivity index (χ4v) is 5.13. The molecule has 1 saturated carbocycles. The Labute approximate surface area is 216 Å². The number of ether oxygens (including phenoxy) is 2. The smallest absolute Gasteiger partial charge is 0.255 e. The first kappa shape index (κ1) is 25.0. The molecule has 1 aromatic heterocycles. The fraction of sp³-hybridized carbons (Fsp3) is 0.393. The number of aromatic nitrogens is 2. The molecule has 194 valence electrons. The number of amides is 1. The largest absolute Gasteiger partial charge is 0.454 e. The van der Waals surface area contributed by atoms with E-state index in [1.807, 2.05) is 44.4 Å². The zero-order valence-corrected chi connectivity index (χ0v) is 21.2. The van der Waals surface area contributed by atoms with E-state index in [-0.39, 0.29) is 18.5 Å². The highest BCUT2D eigenvalue weighted by molar-refractivity contribution is 5.95. The van der Waals surface area contributed by atoms with Crippen LogP contribution in [0.2, 0.25) is 0 Å². The third kappa shape index (κ3) is 5.36. The molecule has 0 unspecified atom stereocenters. The highest BCUT2D eigenvalue weighted by atomic mass is 19.1. The minimum absolute atomic E-state index is 0.201. The maximum absolute atomic E-state index is 13.8. The molecule has 1 fully saturated rings. The molecule has 0 spiro atoms. The van der Waals surface area contributed by atoms with Crippen LogP contribution in [0, 0.1) is 5.82 Å². The van der Waals surface area contributed by atoms with E-state index >= 15 is 0 Å². The molecule has 0 saturated heterocycles. The van der Waals surface area contributed by atoms with Crippen LogP contribution in [0.15, 0.2) is 48.7 Å². The number of anilines is 1. The lowest BCUT2D eigenvalue weighted by Crippen LogP contribution is -2.33. The van der Waals surface area contributed by atoms with Gasteiger partial charge in [-0.25, -0.2) is 14.4 Å². The second-order valence-corrected chi connectivity index (χ2v) is 9.85. The number of nitrogens with zero attached hydrogens (tertiary/aromatic N) is 3. The van der Waals surface area contributed by atoms with Crippen LogP contribution in [0.1, 0.15) is 52.9 Å². The predicted molar refractivity (Wildman–Crippen MR) is 138 cm³/mol. The monoisotopic (exact) mass is 505 g/mol. The van der Waals surface area contributed by atoms with Gasteiger partial charge in [0.1, 0.15) is 5.82 Å². The number of likely N-dealkylation sites (N-methyl/N-ethyl adjacent to an activating group) is 1. The molecule has 0 atom stereocenters. The quantitative estimate of drug-likeness (QED) is 0.453. The Balaban J connectivity index is 1.46. The molecule has 1 amide bonds. The molecular formula is C28H32FN5O3. The fourth-order valence-electron chi connectivity index (χ4n) is 5.13. The van der Waals surface area contributed by atoms with E-state index < -0.39 is 5.41 Å². The van der Waals surface area contributed by atoms with Crippen LogP contribution in [0.4, 0.5) is 10.3 Å². The predicted octanol–water partition coefficient (Wildman–Crippen LogP) is 4.11. The Morgan fingerprint density at radius 1 is 1.08 bits per heavy atom. The van der Waals surface area contributed by atoms with Crippen LogP contribution in [-0.2, 0) is 12.0 Å². The molecular weight excluding hydrogens is 473 g/mol. The first-order chi connectivity index (χ1) is 17.9. The van der Waals surface area contributed by atoms with Gasteiger partial charge in [0, 0.05) is 31.2 Å². The average Bonchev–Trinajstić information content (AvgIpc) is 3.58. The summed E-state index contributed by atoms with van der Waals surface area (Å²) in [4.78, 5) is 25.0. The van der Waals surface area contributed by atoms with E-state index in [0.29, 0.717) is 41.8 Å². The van der Waals surface area contributed by atoms with Crippen molar-refractivity contribution in [3.8, 4) is 11.5 Å². The van der Waals surface area contributed by atoms with Crippen molar-refractivity contribution in [1.82, 2.24) is 20.2 Å². The molecule has 0 bridgehead atoms. The van der Waals surface area contributed by atoms with E-state index in [0.717, 1.165) is 43.4 Å². The SMILES string of the molecule is CN(C)CCNc1ncc(C(=O)NCc2ccc3c(c2)OCO3)c(C2(c3ccc(F)cc3)CCCC2)n1. The van der Waals surface area contributed by atoms with E-state index in [1.54, 1.807) is 6.20 Å². The lowest BCUT2D eigenvalue weighted by Gasteiger charge is -2.31. The van der Waals surface area contributed by atoms with Gasteiger partial charge in [0.2, 0.25) is 12.7 Å². The van der Waals surface area contributed by atoms with E-state index in [9.17, 15) is 9.18 Å². The summed E-state index contributed by atoms with van der Waals surface area (Å²) in [5.74, 6) is 1.32. The summed E-state index contributed by atoms with van der Waals surface area (Å²) < 4.78 is 24.6. The summed E-state index contributed by atoms with van der Waals surface area (Å²) in [5.41, 5.74) is 2.50. The summed E-state index contributed by atoms with van der Waals surface area (Å²) in [6.07, 6.45) is 5.27. The lowest BCUT2D eigenvalue weighted by molar-refractivity contribution is 0.0947. The molecule has 1 aliphatic heterocycles. The average molecular weight is 506 g/mol. The molecule has 2 aliphatic rings. The summed E-state index contributed by atoms with van der Waals surface area (Å²) in [6.45, 7) is 2.01. The van der Waals surface area contributed by atoms with Crippen LogP contribution in [0.5, 0.6) is 11.5 Å². The van der Waals surface area contributed by atoms with E-state index in [1.165, 1.54) is 12.1 Å². The minimum Gasteiger partial charge on any atom is -0.454 e. The van der Waals surface area contributed by atoms with Gasteiger partial charge in [-0.3, -0.25) is 4.79 Å². The van der Waals surface area contributed by atoms with Gasteiger partial charge in [-0.15, -0.1) is 0 Å². The Hall–Kier alpha value is -3.72. The molecule has 5 rings (SSSR count). The van der Waals surface area contributed by atoms with Crippen molar-refractivity contribution in [1.29, 1.82) is 0 Å². The van der Waals surface area contributed by atoms with Crippen LogP contribution in [0.3, 0.4) is 0 Å². The molecule has 9 heteroatoms. The standard InChI is InChI=1S/C28H32FN5O3/c1-34(2)14-13-30-27-32-17-22(26(35)31-16-19-5-10-23-24(15-19)37-18-36-23)25(33-27)28(11-3-4-12-28)20-6-8-21(29)9-7-20/h5-10,15,17H,3-4,11-14,16,18H2,1-2H3,(H,31,35)(H,30,32,33). The van der Waals surface area contributed by atoms with Gasteiger partial charge in [0.25, 0.3) is 5.91 Å². The zero-order chi connectivity index (χ0) is 25.8. The van der Waals surface area contributed by atoms with Crippen molar-refractivity contribution >= 4 is 11.9 Å².